The van der Waals surface area contributed by atoms with E-state index in [-0.39, 0.29) is 25.0 Å². The Morgan fingerprint density at radius 1 is 0.500 bits per heavy atom. The van der Waals surface area contributed by atoms with Gasteiger partial charge in [0, 0.05) is 0 Å². The lowest BCUT2D eigenvalue weighted by Crippen LogP contribution is -2.24. The smallest absolute Gasteiger partial charge is 0.338 e. The summed E-state index contributed by atoms with van der Waals surface area (Å²) in [6.45, 7) is 12.8. The third kappa shape index (κ3) is 25.5. The normalized spacial score (nSPS) is 11.5. The van der Waals surface area contributed by atoms with Gasteiger partial charge in [0.25, 0.3) is 0 Å². The molecule has 12 nitrogen and oxygen atoms in total. The van der Waals surface area contributed by atoms with E-state index in [1.165, 1.54) is 0 Å². The molecule has 0 saturated heterocycles. The Balaban J connectivity index is 1.68. The van der Waals surface area contributed by atoms with Gasteiger partial charge in [-0.3, -0.25) is 4.79 Å². The number of esters is 2. The maximum absolute atomic E-state index is 11.8. The highest BCUT2D eigenvalue weighted by atomic mass is 16.6. The molecule has 0 aromatic heterocycles. The average Bonchev–Trinajstić information content (AvgIpc) is 2.96. The van der Waals surface area contributed by atoms with Gasteiger partial charge in [-0.2, -0.15) is 0 Å². The lowest BCUT2D eigenvalue weighted by molar-refractivity contribution is -0.156. The average molecular weight is 603 g/mol. The second kappa shape index (κ2) is 26.5. The van der Waals surface area contributed by atoms with Crippen LogP contribution in [0, 0.1) is 0 Å². The quantitative estimate of drug-likeness (QED) is 0.103. The minimum absolute atomic E-state index is 0.199. The Morgan fingerprint density at radius 3 is 1.19 bits per heavy atom. The van der Waals surface area contributed by atoms with Crippen LogP contribution in [0.4, 0.5) is 0 Å². The van der Waals surface area contributed by atoms with E-state index in [0.29, 0.717) is 111 Å². The summed E-state index contributed by atoms with van der Waals surface area (Å²) in [6.07, 6.45) is 0.229. The molecule has 242 valence electrons. The predicted molar refractivity (Wildman–Crippen MR) is 154 cm³/mol. The number of ether oxygens (including phenoxy) is 10. The molecule has 0 radical (unpaired) electrons. The molecule has 1 rings (SSSR count). The van der Waals surface area contributed by atoms with Gasteiger partial charge >= 0.3 is 11.9 Å². The lowest BCUT2D eigenvalue weighted by Gasteiger charge is -2.19. The van der Waals surface area contributed by atoms with Gasteiger partial charge in [0.1, 0.15) is 12.2 Å². The zero-order valence-electron chi connectivity index (χ0n) is 25.5. The Hall–Kier alpha value is -2.16. The standard InChI is InChI=1S/C30H50O12/c1-30(2,3)42-28(31)9-10-33-11-12-34-13-14-35-15-16-36-17-18-37-19-20-38-21-22-39-23-24-40-25-26-41-29(32)27-7-5-4-6-8-27/h4-8H,9-26H2,1-3H3. The number of benzene rings is 1. The molecule has 42 heavy (non-hydrogen) atoms. The molecule has 12 heteroatoms. The summed E-state index contributed by atoms with van der Waals surface area (Å²) in [5.41, 5.74) is 0.0472. The SMILES string of the molecule is CC(C)(C)OC(=O)CCOCCOCCOCCOCCOCCOCCOCCOCCOC(=O)c1ccccc1. The zero-order valence-corrected chi connectivity index (χ0v) is 25.5. The second-order valence-electron chi connectivity index (χ2n) is 9.74. The number of carbonyl (C=O) groups excluding carboxylic acids is 2. The third-order valence-corrected chi connectivity index (χ3v) is 4.94. The van der Waals surface area contributed by atoms with Crippen molar-refractivity contribution in [2.45, 2.75) is 32.8 Å². The van der Waals surface area contributed by atoms with Crippen LogP contribution in [0.3, 0.4) is 0 Å². The predicted octanol–water partition coefficient (Wildman–Crippen LogP) is 2.71. The maximum atomic E-state index is 11.8. The monoisotopic (exact) mass is 602 g/mol. The van der Waals surface area contributed by atoms with Gasteiger partial charge in [0.05, 0.1) is 118 Å². The van der Waals surface area contributed by atoms with Crippen LogP contribution >= 0.6 is 0 Å². The molecule has 0 amide bonds. The van der Waals surface area contributed by atoms with E-state index in [9.17, 15) is 9.59 Å². The Morgan fingerprint density at radius 2 is 0.833 bits per heavy atom. The van der Waals surface area contributed by atoms with Crippen molar-refractivity contribution in [3.63, 3.8) is 0 Å². The van der Waals surface area contributed by atoms with Gasteiger partial charge < -0.3 is 47.4 Å². The van der Waals surface area contributed by atoms with E-state index < -0.39 is 5.60 Å². The van der Waals surface area contributed by atoms with Crippen LogP contribution in [0.1, 0.15) is 37.6 Å². The highest BCUT2D eigenvalue weighted by molar-refractivity contribution is 5.89. The number of hydrogen-bond acceptors (Lipinski definition) is 12. The Bertz CT molecular complexity index is 769. The van der Waals surface area contributed by atoms with Crippen LogP contribution in [-0.4, -0.2) is 130 Å². The van der Waals surface area contributed by atoms with E-state index >= 15 is 0 Å². The van der Waals surface area contributed by atoms with Crippen molar-refractivity contribution >= 4 is 11.9 Å². The van der Waals surface area contributed by atoms with Crippen LogP contribution in [0.15, 0.2) is 30.3 Å². The van der Waals surface area contributed by atoms with Crippen molar-refractivity contribution in [2.24, 2.45) is 0 Å². The van der Waals surface area contributed by atoms with Crippen molar-refractivity contribution < 1.29 is 57.0 Å². The summed E-state index contributed by atoms with van der Waals surface area (Å²) in [4.78, 5) is 23.3. The Labute approximate surface area is 250 Å². The van der Waals surface area contributed by atoms with Crippen LogP contribution in [0.5, 0.6) is 0 Å². The molecule has 0 bridgehead atoms. The highest BCUT2D eigenvalue weighted by Gasteiger charge is 2.15. The van der Waals surface area contributed by atoms with Gasteiger partial charge in [0.2, 0.25) is 0 Å². The minimum atomic E-state index is -0.475. The van der Waals surface area contributed by atoms with Gasteiger partial charge in [0.15, 0.2) is 0 Å². The number of carbonyl (C=O) groups is 2. The van der Waals surface area contributed by atoms with E-state index in [2.05, 4.69) is 0 Å². The first kappa shape index (κ1) is 37.9. The van der Waals surface area contributed by atoms with Crippen molar-refractivity contribution in [3.8, 4) is 0 Å². The summed E-state index contributed by atoms with van der Waals surface area (Å²) in [6, 6.07) is 8.84. The molecule has 0 atom stereocenters. The van der Waals surface area contributed by atoms with E-state index in [4.69, 9.17) is 47.4 Å². The Kier molecular flexibility index (Phi) is 23.9. The van der Waals surface area contributed by atoms with Gasteiger partial charge in [-0.1, -0.05) is 18.2 Å². The summed E-state index contributed by atoms with van der Waals surface area (Å²) in [5.74, 6) is -0.627. The first-order chi connectivity index (χ1) is 20.4. The zero-order chi connectivity index (χ0) is 30.6. The molecule has 0 saturated carbocycles. The van der Waals surface area contributed by atoms with E-state index in [0.717, 1.165) is 0 Å². The third-order valence-electron chi connectivity index (χ3n) is 4.94. The summed E-state index contributed by atoms with van der Waals surface area (Å²) in [7, 11) is 0. The molecule has 0 aliphatic carbocycles. The van der Waals surface area contributed by atoms with Crippen molar-refractivity contribution in [1.29, 1.82) is 0 Å². The van der Waals surface area contributed by atoms with E-state index in [1.54, 1.807) is 24.3 Å². The van der Waals surface area contributed by atoms with Gasteiger partial charge in [-0.25, -0.2) is 4.79 Å². The number of rotatable bonds is 28. The summed E-state index contributed by atoms with van der Waals surface area (Å²) < 4.78 is 53.7. The van der Waals surface area contributed by atoms with Crippen LogP contribution in [0.2, 0.25) is 0 Å². The maximum Gasteiger partial charge on any atom is 0.338 e. The molecule has 0 aliphatic rings. The number of hydrogen-bond donors (Lipinski definition) is 0. The molecule has 0 N–H and O–H groups in total. The van der Waals surface area contributed by atoms with Gasteiger partial charge in [-0.15, -0.1) is 0 Å². The first-order valence-electron chi connectivity index (χ1n) is 14.4. The molecular weight excluding hydrogens is 552 g/mol. The molecule has 0 aliphatic heterocycles. The summed E-state index contributed by atoms with van der Waals surface area (Å²) in [5, 5.41) is 0. The highest BCUT2D eigenvalue weighted by Crippen LogP contribution is 2.08. The summed E-state index contributed by atoms with van der Waals surface area (Å²) >= 11 is 0. The van der Waals surface area contributed by atoms with Crippen LogP contribution in [0.25, 0.3) is 0 Å². The molecule has 0 heterocycles. The molecule has 1 aromatic rings. The van der Waals surface area contributed by atoms with Crippen LogP contribution < -0.4 is 0 Å². The van der Waals surface area contributed by atoms with E-state index in [1.807, 2.05) is 26.8 Å². The molecule has 1 aromatic carbocycles. The fraction of sp³-hybridized carbons (Fsp3) is 0.733. The van der Waals surface area contributed by atoms with Crippen molar-refractivity contribution in [2.75, 3.05) is 112 Å². The fourth-order valence-electron chi connectivity index (χ4n) is 3.04. The topological polar surface area (TPSA) is 126 Å². The lowest BCUT2D eigenvalue weighted by atomic mass is 10.2. The van der Waals surface area contributed by atoms with Gasteiger partial charge in [-0.05, 0) is 32.9 Å². The molecule has 0 fully saturated rings. The minimum Gasteiger partial charge on any atom is -0.460 e. The first-order valence-corrected chi connectivity index (χ1v) is 14.4. The second-order valence-corrected chi connectivity index (χ2v) is 9.74. The molecule has 0 unspecified atom stereocenters. The molecule has 0 spiro atoms. The fourth-order valence-corrected chi connectivity index (χ4v) is 3.04. The van der Waals surface area contributed by atoms with Crippen molar-refractivity contribution in [1.82, 2.24) is 0 Å². The van der Waals surface area contributed by atoms with Crippen LogP contribution in [-0.2, 0) is 52.2 Å². The van der Waals surface area contributed by atoms with Crippen molar-refractivity contribution in [3.05, 3.63) is 35.9 Å². The molecular formula is C30H50O12. The largest absolute Gasteiger partial charge is 0.460 e.